The SMILES string of the molecule is Cc1nc(CC(=O)C(C)(C)C(C)(C)N)sc1C. The highest BCUT2D eigenvalue weighted by molar-refractivity contribution is 7.11. The summed E-state index contributed by atoms with van der Waals surface area (Å²) in [6.45, 7) is 11.6. The summed E-state index contributed by atoms with van der Waals surface area (Å²) in [4.78, 5) is 17.9. The molecule has 1 aromatic heterocycles. The lowest BCUT2D eigenvalue weighted by molar-refractivity contribution is -0.129. The number of rotatable bonds is 4. The highest BCUT2D eigenvalue weighted by Gasteiger charge is 2.40. The van der Waals surface area contributed by atoms with Crippen molar-refractivity contribution in [3.63, 3.8) is 0 Å². The fourth-order valence-electron chi connectivity index (χ4n) is 1.33. The molecule has 0 aliphatic carbocycles. The average Bonchev–Trinajstić information content (AvgIpc) is 2.43. The third kappa shape index (κ3) is 2.93. The van der Waals surface area contributed by atoms with Crippen LogP contribution in [0.2, 0.25) is 0 Å². The van der Waals surface area contributed by atoms with E-state index in [2.05, 4.69) is 4.98 Å². The summed E-state index contributed by atoms with van der Waals surface area (Å²) in [6.07, 6.45) is 0.382. The Labute approximate surface area is 107 Å². The number of hydrogen-bond acceptors (Lipinski definition) is 4. The Bertz CT molecular complexity index is 408. The molecule has 1 heterocycles. The highest BCUT2D eigenvalue weighted by atomic mass is 32.1. The molecular formula is C13H22N2OS. The van der Waals surface area contributed by atoms with Crippen molar-refractivity contribution in [1.82, 2.24) is 4.98 Å². The van der Waals surface area contributed by atoms with Gasteiger partial charge in [0, 0.05) is 15.8 Å². The van der Waals surface area contributed by atoms with E-state index in [1.54, 1.807) is 11.3 Å². The van der Waals surface area contributed by atoms with Gasteiger partial charge >= 0.3 is 0 Å². The van der Waals surface area contributed by atoms with Gasteiger partial charge in [0.05, 0.1) is 12.1 Å². The molecule has 0 saturated carbocycles. The van der Waals surface area contributed by atoms with Gasteiger partial charge in [-0.3, -0.25) is 4.79 Å². The predicted octanol–water partition coefficient (Wildman–Crippen LogP) is 2.64. The lowest BCUT2D eigenvalue weighted by Crippen LogP contribution is -2.52. The third-order valence-electron chi connectivity index (χ3n) is 3.69. The number of Topliss-reactive ketones (excluding diaryl/α,β-unsaturated/α-hetero) is 1. The fraction of sp³-hybridized carbons (Fsp3) is 0.692. The minimum atomic E-state index is -0.541. The van der Waals surface area contributed by atoms with Crippen molar-refractivity contribution >= 4 is 17.1 Å². The number of aryl methyl sites for hydroxylation is 2. The Morgan fingerprint density at radius 3 is 2.18 bits per heavy atom. The first-order chi connectivity index (χ1) is 7.55. The van der Waals surface area contributed by atoms with Crippen LogP contribution in [0.15, 0.2) is 0 Å². The molecule has 4 heteroatoms. The van der Waals surface area contributed by atoms with Gasteiger partial charge in [0.15, 0.2) is 0 Å². The normalized spacial score (nSPS) is 12.9. The minimum Gasteiger partial charge on any atom is -0.325 e. The molecule has 1 rings (SSSR count). The molecule has 0 aliphatic heterocycles. The van der Waals surface area contributed by atoms with Crippen molar-refractivity contribution in [3.05, 3.63) is 15.6 Å². The molecule has 0 aliphatic rings. The summed E-state index contributed by atoms with van der Waals surface area (Å²) in [5.74, 6) is 0.152. The third-order valence-corrected chi connectivity index (χ3v) is 4.77. The predicted molar refractivity (Wildman–Crippen MR) is 72.3 cm³/mol. The van der Waals surface area contributed by atoms with Crippen LogP contribution >= 0.6 is 11.3 Å². The lowest BCUT2D eigenvalue weighted by Gasteiger charge is -2.36. The number of nitrogens with zero attached hydrogens (tertiary/aromatic N) is 1. The van der Waals surface area contributed by atoms with Gasteiger partial charge in [-0.05, 0) is 27.7 Å². The average molecular weight is 254 g/mol. The Kier molecular flexibility index (Phi) is 3.79. The van der Waals surface area contributed by atoms with Crippen LogP contribution in [0.4, 0.5) is 0 Å². The molecule has 0 saturated heterocycles. The number of aromatic nitrogens is 1. The van der Waals surface area contributed by atoms with E-state index in [0.29, 0.717) is 6.42 Å². The van der Waals surface area contributed by atoms with Gasteiger partial charge in [-0.25, -0.2) is 4.98 Å². The van der Waals surface area contributed by atoms with E-state index in [9.17, 15) is 4.79 Å². The zero-order chi connectivity index (χ0) is 13.4. The van der Waals surface area contributed by atoms with E-state index in [-0.39, 0.29) is 5.78 Å². The lowest BCUT2D eigenvalue weighted by atomic mass is 9.71. The molecule has 17 heavy (non-hydrogen) atoms. The quantitative estimate of drug-likeness (QED) is 0.898. The Morgan fingerprint density at radius 1 is 1.29 bits per heavy atom. The number of nitrogens with two attached hydrogens (primary N) is 1. The summed E-state index contributed by atoms with van der Waals surface area (Å²) in [7, 11) is 0. The van der Waals surface area contributed by atoms with Crippen LogP contribution in [-0.2, 0) is 11.2 Å². The first-order valence-electron chi connectivity index (χ1n) is 5.81. The van der Waals surface area contributed by atoms with Crippen molar-refractivity contribution in [2.24, 2.45) is 11.1 Å². The maximum absolute atomic E-state index is 12.3. The van der Waals surface area contributed by atoms with Gasteiger partial charge in [0.2, 0.25) is 0 Å². The second-order valence-corrected chi connectivity index (χ2v) is 6.98. The summed E-state index contributed by atoms with van der Waals surface area (Å²) in [5.41, 5.74) is 6.02. The van der Waals surface area contributed by atoms with Crippen LogP contribution in [0.25, 0.3) is 0 Å². The number of carbonyl (C=O) groups is 1. The monoisotopic (exact) mass is 254 g/mol. The number of thiazole rings is 1. The standard InChI is InChI=1S/C13H22N2OS/c1-8-9(2)17-11(15-8)7-10(16)12(3,4)13(5,6)14/h7,14H2,1-6H3. The van der Waals surface area contributed by atoms with Crippen molar-refractivity contribution in [2.75, 3.05) is 0 Å². The number of hydrogen-bond donors (Lipinski definition) is 1. The molecule has 3 nitrogen and oxygen atoms in total. The second kappa shape index (κ2) is 4.50. The minimum absolute atomic E-state index is 0.152. The maximum Gasteiger partial charge on any atom is 0.147 e. The molecule has 0 bridgehead atoms. The molecule has 96 valence electrons. The van der Waals surface area contributed by atoms with Gasteiger partial charge in [-0.1, -0.05) is 13.8 Å². The van der Waals surface area contributed by atoms with E-state index in [1.807, 2.05) is 41.5 Å². The first-order valence-corrected chi connectivity index (χ1v) is 6.62. The Hall–Kier alpha value is -0.740. The van der Waals surface area contributed by atoms with Crippen molar-refractivity contribution < 1.29 is 4.79 Å². The molecule has 0 radical (unpaired) electrons. The molecule has 0 amide bonds. The van der Waals surface area contributed by atoms with Crippen LogP contribution in [0.3, 0.4) is 0 Å². The number of ketones is 1. The van der Waals surface area contributed by atoms with E-state index < -0.39 is 11.0 Å². The van der Waals surface area contributed by atoms with Crippen LogP contribution in [0.5, 0.6) is 0 Å². The number of carbonyl (C=O) groups excluding carboxylic acids is 1. The van der Waals surface area contributed by atoms with Crippen LogP contribution in [-0.4, -0.2) is 16.3 Å². The zero-order valence-corrected chi connectivity index (χ0v) is 12.4. The molecule has 0 spiro atoms. The van der Waals surface area contributed by atoms with Crippen LogP contribution < -0.4 is 5.73 Å². The largest absolute Gasteiger partial charge is 0.325 e. The molecule has 0 aromatic carbocycles. The van der Waals surface area contributed by atoms with E-state index in [1.165, 1.54) is 4.88 Å². The van der Waals surface area contributed by atoms with Crippen molar-refractivity contribution in [2.45, 2.75) is 53.5 Å². The van der Waals surface area contributed by atoms with Gasteiger partial charge in [0.25, 0.3) is 0 Å². The van der Waals surface area contributed by atoms with Gasteiger partial charge in [0.1, 0.15) is 10.8 Å². The van der Waals surface area contributed by atoms with E-state index in [0.717, 1.165) is 10.7 Å². The second-order valence-electron chi connectivity index (χ2n) is 5.70. The van der Waals surface area contributed by atoms with Crippen molar-refractivity contribution in [3.8, 4) is 0 Å². The molecule has 0 unspecified atom stereocenters. The zero-order valence-electron chi connectivity index (χ0n) is 11.5. The Balaban J connectivity index is 2.86. The summed E-state index contributed by atoms with van der Waals surface area (Å²) >= 11 is 1.60. The molecule has 0 atom stereocenters. The maximum atomic E-state index is 12.3. The summed E-state index contributed by atoms with van der Waals surface area (Å²) in [5, 5.41) is 0.891. The van der Waals surface area contributed by atoms with Gasteiger partial charge < -0.3 is 5.73 Å². The van der Waals surface area contributed by atoms with Gasteiger partial charge in [-0.15, -0.1) is 11.3 Å². The highest BCUT2D eigenvalue weighted by Crippen LogP contribution is 2.31. The fourth-order valence-corrected chi connectivity index (χ4v) is 2.27. The molecule has 2 N–H and O–H groups in total. The summed E-state index contributed by atoms with van der Waals surface area (Å²) < 4.78 is 0. The molecular weight excluding hydrogens is 232 g/mol. The van der Waals surface area contributed by atoms with Gasteiger partial charge in [-0.2, -0.15) is 0 Å². The summed E-state index contributed by atoms with van der Waals surface area (Å²) in [6, 6.07) is 0. The molecule has 0 fully saturated rings. The van der Waals surface area contributed by atoms with Crippen molar-refractivity contribution in [1.29, 1.82) is 0 Å². The molecule has 1 aromatic rings. The smallest absolute Gasteiger partial charge is 0.147 e. The van der Waals surface area contributed by atoms with Crippen LogP contribution in [0, 0.1) is 19.3 Å². The first kappa shape index (κ1) is 14.3. The van der Waals surface area contributed by atoms with Crippen LogP contribution in [0.1, 0.15) is 43.3 Å². The van der Waals surface area contributed by atoms with E-state index >= 15 is 0 Å². The van der Waals surface area contributed by atoms with E-state index in [4.69, 9.17) is 5.73 Å². The Morgan fingerprint density at radius 2 is 1.82 bits per heavy atom. The topological polar surface area (TPSA) is 56.0 Å².